The van der Waals surface area contributed by atoms with Crippen LogP contribution in [0.2, 0.25) is 12.6 Å². The van der Waals surface area contributed by atoms with Crippen molar-refractivity contribution < 1.29 is 0 Å². The Labute approximate surface area is 78.1 Å². The molecule has 2 nitrogen and oxygen atoms in total. The lowest BCUT2D eigenvalue weighted by Crippen LogP contribution is -2.60. The Kier molecular flexibility index (Phi) is 3.94. The van der Waals surface area contributed by atoms with E-state index >= 15 is 0 Å². The van der Waals surface area contributed by atoms with Crippen molar-refractivity contribution in [2.45, 2.75) is 53.3 Å². The molecule has 0 bridgehead atoms. The normalized spacial score (nSPS) is 18.0. The largest absolute Gasteiger partial charge is 0.339 e. The molecular formula is C9H24N2Si. The van der Waals surface area contributed by atoms with Crippen LogP contribution in [-0.4, -0.2) is 14.4 Å². The summed E-state index contributed by atoms with van der Waals surface area (Å²) in [5.41, 5.74) is 0.345. The molecule has 0 amide bonds. The maximum atomic E-state index is 6.23. The van der Waals surface area contributed by atoms with Crippen LogP contribution in [0.3, 0.4) is 0 Å². The summed E-state index contributed by atoms with van der Waals surface area (Å²) in [7, 11) is -1.65. The van der Waals surface area contributed by atoms with Crippen LogP contribution in [0.25, 0.3) is 0 Å². The molecule has 0 aliphatic carbocycles. The van der Waals surface area contributed by atoms with E-state index in [1.165, 1.54) is 0 Å². The summed E-state index contributed by atoms with van der Waals surface area (Å²) < 4.78 is 0. The van der Waals surface area contributed by atoms with Crippen LogP contribution in [0, 0.1) is 5.41 Å². The zero-order valence-electron chi connectivity index (χ0n) is 9.36. The summed E-state index contributed by atoms with van der Waals surface area (Å²) in [6, 6.07) is 1.63. The highest BCUT2D eigenvalue weighted by Crippen LogP contribution is 2.23. The fourth-order valence-corrected chi connectivity index (χ4v) is 5.44. The molecule has 0 aromatic carbocycles. The van der Waals surface area contributed by atoms with Gasteiger partial charge in [-0.3, -0.25) is 0 Å². The Morgan fingerprint density at radius 1 is 1.33 bits per heavy atom. The minimum atomic E-state index is -1.65. The van der Waals surface area contributed by atoms with Crippen LogP contribution in [0.4, 0.5) is 0 Å². The van der Waals surface area contributed by atoms with Crippen LogP contribution < -0.4 is 10.4 Å². The van der Waals surface area contributed by atoms with Crippen LogP contribution in [0.5, 0.6) is 0 Å². The first-order chi connectivity index (χ1) is 5.12. The number of rotatable bonds is 3. The molecule has 1 unspecified atom stereocenters. The SMILES string of the molecule is CC(C)N[Si](C)(N)CC(C)(C)C. The van der Waals surface area contributed by atoms with E-state index < -0.39 is 8.40 Å². The second-order valence-corrected chi connectivity index (χ2v) is 8.93. The molecule has 0 saturated heterocycles. The van der Waals surface area contributed by atoms with Gasteiger partial charge in [-0.15, -0.1) is 0 Å². The molecule has 0 spiro atoms. The first-order valence-electron chi connectivity index (χ1n) is 4.69. The molecule has 0 aromatic heterocycles. The van der Waals surface area contributed by atoms with E-state index in [1.54, 1.807) is 0 Å². The van der Waals surface area contributed by atoms with E-state index in [4.69, 9.17) is 5.40 Å². The molecule has 0 radical (unpaired) electrons. The predicted octanol–water partition coefficient (Wildman–Crippen LogP) is 2.06. The van der Waals surface area contributed by atoms with E-state index in [-0.39, 0.29) is 0 Å². The topological polar surface area (TPSA) is 38.0 Å². The van der Waals surface area contributed by atoms with Gasteiger partial charge in [0.15, 0.2) is 8.40 Å². The molecule has 0 saturated carbocycles. The fourth-order valence-electron chi connectivity index (χ4n) is 1.81. The summed E-state index contributed by atoms with van der Waals surface area (Å²) in [5.74, 6) is 0. The van der Waals surface area contributed by atoms with Crippen molar-refractivity contribution in [3.63, 3.8) is 0 Å². The second-order valence-electron chi connectivity index (χ2n) is 5.45. The van der Waals surface area contributed by atoms with E-state index in [2.05, 4.69) is 46.1 Å². The van der Waals surface area contributed by atoms with E-state index in [0.29, 0.717) is 11.5 Å². The van der Waals surface area contributed by atoms with Gasteiger partial charge < -0.3 is 10.4 Å². The average molecular weight is 188 g/mol. The van der Waals surface area contributed by atoms with Crippen molar-refractivity contribution >= 4 is 8.40 Å². The van der Waals surface area contributed by atoms with Crippen molar-refractivity contribution in [1.82, 2.24) is 4.98 Å². The van der Waals surface area contributed by atoms with E-state index in [9.17, 15) is 0 Å². The molecule has 3 heteroatoms. The van der Waals surface area contributed by atoms with Crippen molar-refractivity contribution in [3.05, 3.63) is 0 Å². The Morgan fingerprint density at radius 2 is 1.75 bits per heavy atom. The molecule has 12 heavy (non-hydrogen) atoms. The van der Waals surface area contributed by atoms with Crippen molar-refractivity contribution in [2.24, 2.45) is 10.8 Å². The molecule has 0 aliphatic heterocycles. The quantitative estimate of drug-likeness (QED) is 0.665. The maximum Gasteiger partial charge on any atom is 0.196 e. The highest BCUT2D eigenvalue weighted by Gasteiger charge is 2.29. The standard InChI is InChI=1S/C9H24N2Si/c1-8(2)11-12(6,10)7-9(3,4)5/h8,11H,7,10H2,1-6H3. The van der Waals surface area contributed by atoms with Crippen LogP contribution >= 0.6 is 0 Å². The Hall–Kier alpha value is 0.137. The van der Waals surface area contributed by atoms with E-state index in [1.807, 2.05) is 0 Å². The molecule has 0 aromatic rings. The van der Waals surface area contributed by atoms with Crippen molar-refractivity contribution in [2.75, 3.05) is 0 Å². The monoisotopic (exact) mass is 188 g/mol. The van der Waals surface area contributed by atoms with Gasteiger partial charge in [0, 0.05) is 0 Å². The third-order valence-electron chi connectivity index (χ3n) is 1.52. The summed E-state index contributed by atoms with van der Waals surface area (Å²) >= 11 is 0. The summed E-state index contributed by atoms with van der Waals surface area (Å²) in [6.45, 7) is 13.2. The molecular weight excluding hydrogens is 164 g/mol. The molecule has 3 N–H and O–H groups in total. The Balaban J connectivity index is 4.04. The zero-order chi connectivity index (χ0) is 9.99. The van der Waals surface area contributed by atoms with Gasteiger partial charge in [0.05, 0.1) is 0 Å². The zero-order valence-corrected chi connectivity index (χ0v) is 10.4. The lowest BCUT2D eigenvalue weighted by atomic mass is 10.0. The van der Waals surface area contributed by atoms with Crippen molar-refractivity contribution in [3.8, 4) is 0 Å². The number of nitrogens with two attached hydrogens (primary N) is 1. The first kappa shape index (κ1) is 12.1. The third-order valence-corrected chi connectivity index (χ3v) is 4.55. The second kappa shape index (κ2) is 3.90. The van der Waals surface area contributed by atoms with Gasteiger partial charge in [-0.1, -0.05) is 34.6 Å². The molecule has 0 rings (SSSR count). The van der Waals surface area contributed by atoms with Crippen LogP contribution in [0.15, 0.2) is 0 Å². The Morgan fingerprint density at radius 3 is 2.00 bits per heavy atom. The van der Waals surface area contributed by atoms with Crippen LogP contribution in [0.1, 0.15) is 34.6 Å². The van der Waals surface area contributed by atoms with Gasteiger partial charge in [-0.2, -0.15) is 0 Å². The summed E-state index contributed by atoms with van der Waals surface area (Å²) in [5, 5.41) is 6.23. The third kappa shape index (κ3) is 6.82. The lowest BCUT2D eigenvalue weighted by molar-refractivity contribution is 0.454. The fraction of sp³-hybridized carbons (Fsp3) is 1.00. The van der Waals surface area contributed by atoms with Gasteiger partial charge in [-0.05, 0) is 24.0 Å². The van der Waals surface area contributed by atoms with Gasteiger partial charge in [-0.25, -0.2) is 0 Å². The molecule has 0 aliphatic rings. The maximum absolute atomic E-state index is 6.23. The van der Waals surface area contributed by atoms with Crippen molar-refractivity contribution in [1.29, 1.82) is 0 Å². The van der Waals surface area contributed by atoms with Gasteiger partial charge in [0.2, 0.25) is 0 Å². The number of nitrogens with one attached hydrogen (secondary N) is 1. The molecule has 1 atom stereocenters. The molecule has 0 heterocycles. The predicted molar refractivity (Wildman–Crippen MR) is 58.3 cm³/mol. The minimum absolute atomic E-state index is 0.345. The number of hydrogen-bond donors (Lipinski definition) is 2. The highest BCUT2D eigenvalue weighted by atomic mass is 28.3. The summed E-state index contributed by atoms with van der Waals surface area (Å²) in [4.78, 5) is 3.49. The Bertz CT molecular complexity index is 136. The smallest absolute Gasteiger partial charge is 0.196 e. The molecule has 0 fully saturated rings. The molecule has 74 valence electrons. The lowest BCUT2D eigenvalue weighted by Gasteiger charge is -2.32. The number of hydrogen-bond acceptors (Lipinski definition) is 2. The van der Waals surface area contributed by atoms with E-state index in [0.717, 1.165) is 6.04 Å². The first-order valence-corrected chi connectivity index (χ1v) is 7.47. The van der Waals surface area contributed by atoms with Gasteiger partial charge in [0.1, 0.15) is 0 Å². The summed E-state index contributed by atoms with van der Waals surface area (Å²) in [6.07, 6.45) is 0. The minimum Gasteiger partial charge on any atom is -0.339 e. The van der Waals surface area contributed by atoms with Crippen LogP contribution in [-0.2, 0) is 0 Å². The van der Waals surface area contributed by atoms with Gasteiger partial charge in [0.25, 0.3) is 0 Å². The highest BCUT2D eigenvalue weighted by molar-refractivity contribution is 6.73. The average Bonchev–Trinajstić information content (AvgIpc) is 1.48. The van der Waals surface area contributed by atoms with Gasteiger partial charge >= 0.3 is 0 Å².